The van der Waals surface area contributed by atoms with Gasteiger partial charge in [-0.15, -0.1) is 0 Å². The van der Waals surface area contributed by atoms with Crippen molar-refractivity contribution in [2.24, 2.45) is 5.73 Å². The van der Waals surface area contributed by atoms with Gasteiger partial charge in [0.2, 0.25) is 0 Å². The molecule has 0 fully saturated rings. The molecule has 3 nitrogen and oxygen atoms in total. The van der Waals surface area contributed by atoms with Crippen LogP contribution in [-0.4, -0.2) is 15.8 Å². The SMILES string of the molecule is CCc1nn(Cc2cccc(Br)c2)c(CC)c1CC(C)N. The molecule has 0 radical (unpaired) electrons. The van der Waals surface area contributed by atoms with Crippen LogP contribution in [0.15, 0.2) is 28.7 Å². The second-order valence-corrected chi connectivity index (χ2v) is 6.46. The first-order valence-electron chi connectivity index (χ1n) is 7.62. The highest BCUT2D eigenvalue weighted by Crippen LogP contribution is 2.20. The summed E-state index contributed by atoms with van der Waals surface area (Å²) in [6, 6.07) is 8.58. The third kappa shape index (κ3) is 3.95. The van der Waals surface area contributed by atoms with Crippen molar-refractivity contribution < 1.29 is 0 Å². The zero-order chi connectivity index (χ0) is 15.4. The van der Waals surface area contributed by atoms with Crippen LogP contribution in [-0.2, 0) is 25.8 Å². The van der Waals surface area contributed by atoms with Crippen molar-refractivity contribution in [3.63, 3.8) is 0 Å². The van der Waals surface area contributed by atoms with E-state index in [9.17, 15) is 0 Å². The van der Waals surface area contributed by atoms with E-state index in [0.29, 0.717) is 0 Å². The summed E-state index contributed by atoms with van der Waals surface area (Å²) in [4.78, 5) is 0. The summed E-state index contributed by atoms with van der Waals surface area (Å²) in [6.07, 6.45) is 2.86. The van der Waals surface area contributed by atoms with Gasteiger partial charge in [-0.25, -0.2) is 0 Å². The lowest BCUT2D eigenvalue weighted by molar-refractivity contribution is 0.637. The number of hydrogen-bond acceptors (Lipinski definition) is 2. The first kappa shape index (κ1) is 16.2. The van der Waals surface area contributed by atoms with Crippen molar-refractivity contribution in [1.82, 2.24) is 9.78 Å². The Morgan fingerprint density at radius 1 is 1.29 bits per heavy atom. The standard InChI is InChI=1S/C17H24BrN3/c1-4-16-15(9-12(3)19)17(5-2)21(20-16)11-13-7-6-8-14(18)10-13/h6-8,10,12H,4-5,9,11,19H2,1-3H3. The predicted octanol–water partition coefficient (Wildman–Crippen LogP) is 3.71. The molecule has 0 spiro atoms. The van der Waals surface area contributed by atoms with Gasteiger partial charge in [-0.1, -0.05) is 41.9 Å². The van der Waals surface area contributed by atoms with Gasteiger partial charge in [-0.2, -0.15) is 5.10 Å². The van der Waals surface area contributed by atoms with Crippen molar-refractivity contribution in [2.45, 2.75) is 52.6 Å². The van der Waals surface area contributed by atoms with Crippen molar-refractivity contribution in [2.75, 3.05) is 0 Å². The molecule has 4 heteroatoms. The number of aromatic nitrogens is 2. The first-order valence-corrected chi connectivity index (χ1v) is 8.41. The molecule has 2 N–H and O–H groups in total. The lowest BCUT2D eigenvalue weighted by Crippen LogP contribution is -2.19. The van der Waals surface area contributed by atoms with Gasteiger partial charge in [0.05, 0.1) is 12.2 Å². The Kier molecular flexibility index (Phi) is 5.59. The number of halogens is 1. The van der Waals surface area contributed by atoms with E-state index in [1.165, 1.54) is 22.5 Å². The van der Waals surface area contributed by atoms with Crippen LogP contribution >= 0.6 is 15.9 Å². The number of aryl methyl sites for hydroxylation is 1. The fraction of sp³-hybridized carbons (Fsp3) is 0.471. The summed E-state index contributed by atoms with van der Waals surface area (Å²) in [7, 11) is 0. The predicted molar refractivity (Wildman–Crippen MR) is 91.6 cm³/mol. The quantitative estimate of drug-likeness (QED) is 0.863. The molecular weight excluding hydrogens is 326 g/mol. The average molecular weight is 350 g/mol. The summed E-state index contributed by atoms with van der Waals surface area (Å²) in [5.74, 6) is 0. The fourth-order valence-corrected chi connectivity index (χ4v) is 3.21. The minimum absolute atomic E-state index is 0.170. The number of nitrogens with two attached hydrogens (primary N) is 1. The van der Waals surface area contributed by atoms with Crippen LogP contribution in [0.3, 0.4) is 0 Å². The number of nitrogens with zero attached hydrogens (tertiary/aromatic N) is 2. The van der Waals surface area contributed by atoms with Crippen LogP contribution in [0.1, 0.15) is 43.3 Å². The summed E-state index contributed by atoms with van der Waals surface area (Å²) in [5, 5.41) is 4.82. The molecule has 21 heavy (non-hydrogen) atoms. The molecule has 0 amide bonds. The van der Waals surface area contributed by atoms with Gasteiger partial charge >= 0.3 is 0 Å². The van der Waals surface area contributed by atoms with E-state index in [0.717, 1.165) is 30.3 Å². The second-order valence-electron chi connectivity index (χ2n) is 5.55. The molecule has 1 aromatic heterocycles. The zero-order valence-corrected chi connectivity index (χ0v) is 14.7. The van der Waals surface area contributed by atoms with Crippen molar-refractivity contribution in [1.29, 1.82) is 0 Å². The summed E-state index contributed by atoms with van der Waals surface area (Å²) in [5.41, 5.74) is 11.1. The Labute approximate surface area is 135 Å². The van der Waals surface area contributed by atoms with Gasteiger partial charge in [-0.05, 0) is 49.4 Å². The van der Waals surface area contributed by atoms with Crippen molar-refractivity contribution in [3.05, 3.63) is 51.3 Å². The number of hydrogen-bond donors (Lipinski definition) is 1. The molecule has 2 rings (SSSR count). The molecule has 2 aromatic rings. The molecular formula is C17H24BrN3. The lowest BCUT2D eigenvalue weighted by Gasteiger charge is -2.10. The molecule has 1 atom stereocenters. The third-order valence-corrected chi connectivity index (χ3v) is 4.16. The van der Waals surface area contributed by atoms with Crippen LogP contribution in [0, 0.1) is 0 Å². The van der Waals surface area contributed by atoms with Crippen molar-refractivity contribution >= 4 is 15.9 Å². The molecule has 1 unspecified atom stereocenters. The monoisotopic (exact) mass is 349 g/mol. The lowest BCUT2D eigenvalue weighted by atomic mass is 10.0. The van der Waals surface area contributed by atoms with E-state index in [-0.39, 0.29) is 6.04 Å². The second kappa shape index (κ2) is 7.23. The number of rotatable bonds is 6. The topological polar surface area (TPSA) is 43.8 Å². The van der Waals surface area contributed by atoms with Crippen LogP contribution in [0.25, 0.3) is 0 Å². The van der Waals surface area contributed by atoms with Crippen LogP contribution in [0.2, 0.25) is 0 Å². The van der Waals surface area contributed by atoms with E-state index in [2.05, 4.69) is 59.6 Å². The maximum Gasteiger partial charge on any atom is 0.0663 e. The van der Waals surface area contributed by atoms with Gasteiger partial charge in [0.25, 0.3) is 0 Å². The molecule has 114 valence electrons. The molecule has 1 heterocycles. The van der Waals surface area contributed by atoms with Gasteiger partial charge in [-0.3, -0.25) is 4.68 Å². The molecule has 0 saturated carbocycles. The van der Waals surface area contributed by atoms with Crippen LogP contribution < -0.4 is 5.73 Å². The Balaban J connectivity index is 2.37. The molecule has 0 aliphatic heterocycles. The Hall–Kier alpha value is -1.13. The average Bonchev–Trinajstić information content (AvgIpc) is 2.75. The molecule has 0 aliphatic rings. The maximum atomic E-state index is 6.01. The van der Waals surface area contributed by atoms with E-state index in [4.69, 9.17) is 10.8 Å². The van der Waals surface area contributed by atoms with Crippen LogP contribution in [0.5, 0.6) is 0 Å². The Morgan fingerprint density at radius 2 is 2.05 bits per heavy atom. The molecule has 0 bridgehead atoms. The maximum absolute atomic E-state index is 6.01. The highest BCUT2D eigenvalue weighted by molar-refractivity contribution is 9.10. The molecule has 0 aliphatic carbocycles. The van der Waals surface area contributed by atoms with E-state index >= 15 is 0 Å². The zero-order valence-electron chi connectivity index (χ0n) is 13.1. The minimum Gasteiger partial charge on any atom is -0.328 e. The summed E-state index contributed by atoms with van der Waals surface area (Å²) in [6.45, 7) is 7.23. The van der Waals surface area contributed by atoms with E-state index in [1.807, 2.05) is 6.07 Å². The largest absolute Gasteiger partial charge is 0.328 e. The first-order chi connectivity index (χ1) is 10.0. The van der Waals surface area contributed by atoms with Gasteiger partial charge in [0, 0.05) is 16.2 Å². The van der Waals surface area contributed by atoms with Gasteiger partial charge < -0.3 is 5.73 Å². The number of benzene rings is 1. The Bertz CT molecular complexity index is 602. The Morgan fingerprint density at radius 3 is 2.62 bits per heavy atom. The van der Waals surface area contributed by atoms with E-state index in [1.54, 1.807) is 0 Å². The normalized spacial score (nSPS) is 12.6. The molecule has 0 saturated heterocycles. The highest BCUT2D eigenvalue weighted by atomic mass is 79.9. The van der Waals surface area contributed by atoms with E-state index < -0.39 is 0 Å². The highest BCUT2D eigenvalue weighted by Gasteiger charge is 2.16. The van der Waals surface area contributed by atoms with Crippen molar-refractivity contribution in [3.8, 4) is 0 Å². The van der Waals surface area contributed by atoms with Crippen LogP contribution in [0.4, 0.5) is 0 Å². The fourth-order valence-electron chi connectivity index (χ4n) is 2.77. The third-order valence-electron chi connectivity index (χ3n) is 3.67. The van der Waals surface area contributed by atoms with Gasteiger partial charge in [0.1, 0.15) is 0 Å². The summed E-state index contributed by atoms with van der Waals surface area (Å²) < 4.78 is 3.26. The molecule has 1 aromatic carbocycles. The smallest absolute Gasteiger partial charge is 0.0663 e. The van der Waals surface area contributed by atoms with Gasteiger partial charge in [0.15, 0.2) is 0 Å². The minimum atomic E-state index is 0.170. The summed E-state index contributed by atoms with van der Waals surface area (Å²) >= 11 is 3.53.